The van der Waals surface area contributed by atoms with Crippen LogP contribution >= 0.6 is 0 Å². The van der Waals surface area contributed by atoms with Gasteiger partial charge in [-0.1, -0.05) is 13.1 Å². The van der Waals surface area contributed by atoms with Crippen molar-refractivity contribution in [2.24, 2.45) is 0 Å². The van der Waals surface area contributed by atoms with E-state index >= 15 is 0 Å². The van der Waals surface area contributed by atoms with Crippen LogP contribution in [0.4, 0.5) is 0 Å². The number of carbonyl (C=O) groups excluding carboxylic acids is 1. The predicted molar refractivity (Wildman–Crippen MR) is 39.1 cm³/mol. The molecule has 0 unspecified atom stereocenters. The minimum Gasteiger partial charge on any atom is -0.466 e. The second kappa shape index (κ2) is 5.67. The van der Waals surface area contributed by atoms with Gasteiger partial charge in [0.1, 0.15) is 7.28 Å². The van der Waals surface area contributed by atoms with Crippen LogP contribution in [0, 0.1) is 0 Å². The molecular weight excluding hydrogens is 115 g/mol. The molecule has 0 aliphatic carbocycles. The van der Waals surface area contributed by atoms with Gasteiger partial charge in [-0.05, 0) is 6.92 Å². The first kappa shape index (κ1) is 8.53. The van der Waals surface area contributed by atoms with E-state index in [0.717, 1.165) is 13.6 Å². The number of rotatable bonds is 4. The first-order chi connectivity index (χ1) is 4.31. The zero-order chi connectivity index (χ0) is 7.11. The molecule has 52 valence electrons. The number of ether oxygens (including phenoxy) is 1. The van der Waals surface area contributed by atoms with Gasteiger partial charge in [0, 0.05) is 6.42 Å². The molecule has 0 aromatic rings. The van der Waals surface area contributed by atoms with Gasteiger partial charge < -0.3 is 4.74 Å². The maximum Gasteiger partial charge on any atom is 0.305 e. The van der Waals surface area contributed by atoms with E-state index in [1.807, 2.05) is 6.92 Å². The lowest BCUT2D eigenvalue weighted by Gasteiger charge is -1.97. The summed E-state index contributed by atoms with van der Waals surface area (Å²) >= 11 is 0. The highest BCUT2D eigenvalue weighted by Gasteiger charge is 1.97. The standard InChI is InChI=1S/C6H13BO2/c1-3-9-6(8)4-5-7-2/h7H,3-5H2,1-2H3. The van der Waals surface area contributed by atoms with Crippen LogP contribution in [0.5, 0.6) is 0 Å². The van der Waals surface area contributed by atoms with Gasteiger partial charge in [-0.3, -0.25) is 4.79 Å². The van der Waals surface area contributed by atoms with E-state index in [0.29, 0.717) is 13.0 Å². The van der Waals surface area contributed by atoms with Gasteiger partial charge in [0.15, 0.2) is 0 Å². The van der Waals surface area contributed by atoms with Crippen molar-refractivity contribution in [2.45, 2.75) is 26.5 Å². The second-order valence-electron chi connectivity index (χ2n) is 1.91. The van der Waals surface area contributed by atoms with Crippen LogP contribution in [0.1, 0.15) is 13.3 Å². The fourth-order valence-electron chi connectivity index (χ4n) is 0.554. The average molecular weight is 128 g/mol. The van der Waals surface area contributed by atoms with Crippen LogP contribution in [0.2, 0.25) is 13.1 Å². The lowest BCUT2D eigenvalue weighted by molar-refractivity contribution is -0.142. The summed E-state index contributed by atoms with van der Waals surface area (Å²) in [5.74, 6) is -0.0700. The van der Waals surface area contributed by atoms with Crippen molar-refractivity contribution in [3.05, 3.63) is 0 Å². The smallest absolute Gasteiger partial charge is 0.305 e. The maximum absolute atomic E-state index is 10.6. The molecule has 0 radical (unpaired) electrons. The van der Waals surface area contributed by atoms with Gasteiger partial charge in [0.25, 0.3) is 0 Å². The van der Waals surface area contributed by atoms with Crippen molar-refractivity contribution >= 4 is 13.2 Å². The van der Waals surface area contributed by atoms with Gasteiger partial charge in [-0.2, -0.15) is 0 Å². The van der Waals surface area contributed by atoms with E-state index in [-0.39, 0.29) is 5.97 Å². The highest BCUT2D eigenvalue weighted by Crippen LogP contribution is 1.91. The fraction of sp³-hybridized carbons (Fsp3) is 0.833. The third-order valence-electron chi connectivity index (χ3n) is 1.04. The van der Waals surface area contributed by atoms with Gasteiger partial charge in [-0.25, -0.2) is 0 Å². The molecule has 0 aromatic heterocycles. The molecule has 0 rings (SSSR count). The van der Waals surface area contributed by atoms with Crippen molar-refractivity contribution in [3.8, 4) is 0 Å². The highest BCUT2D eigenvalue weighted by atomic mass is 16.5. The Morgan fingerprint density at radius 3 is 2.78 bits per heavy atom. The monoisotopic (exact) mass is 128 g/mol. The van der Waals surface area contributed by atoms with Crippen molar-refractivity contribution < 1.29 is 9.53 Å². The summed E-state index contributed by atoms with van der Waals surface area (Å²) in [6, 6.07) is 0. The Morgan fingerprint density at radius 2 is 2.33 bits per heavy atom. The number of hydrogen-bond donors (Lipinski definition) is 0. The van der Waals surface area contributed by atoms with Crippen LogP contribution in [-0.2, 0) is 9.53 Å². The van der Waals surface area contributed by atoms with E-state index in [1.165, 1.54) is 0 Å². The first-order valence-electron chi connectivity index (χ1n) is 3.46. The molecule has 0 amide bonds. The average Bonchev–Trinajstić information content (AvgIpc) is 1.85. The molecule has 0 spiro atoms. The SMILES string of the molecule is CBCCC(=O)OCC. The topological polar surface area (TPSA) is 26.3 Å². The highest BCUT2D eigenvalue weighted by molar-refractivity contribution is 6.33. The molecule has 0 aliphatic rings. The normalized spacial score (nSPS) is 8.67. The van der Waals surface area contributed by atoms with E-state index in [4.69, 9.17) is 4.74 Å². The summed E-state index contributed by atoms with van der Waals surface area (Å²) in [5, 5.41) is 0. The molecule has 3 heteroatoms. The summed E-state index contributed by atoms with van der Waals surface area (Å²) in [6.07, 6.45) is 1.52. The van der Waals surface area contributed by atoms with Gasteiger partial charge in [0.2, 0.25) is 0 Å². The Bertz CT molecular complexity index is 83.1. The molecule has 0 saturated heterocycles. The Morgan fingerprint density at radius 1 is 1.67 bits per heavy atom. The fourth-order valence-corrected chi connectivity index (χ4v) is 0.554. The molecule has 0 aliphatic heterocycles. The first-order valence-corrected chi connectivity index (χ1v) is 3.46. The third kappa shape index (κ3) is 5.41. The molecule has 0 N–H and O–H groups in total. The van der Waals surface area contributed by atoms with E-state index in [1.54, 1.807) is 0 Å². The van der Waals surface area contributed by atoms with Gasteiger partial charge in [-0.15, -0.1) is 0 Å². The zero-order valence-electron chi connectivity index (χ0n) is 6.14. The quantitative estimate of drug-likeness (QED) is 0.414. The maximum atomic E-state index is 10.6. The molecule has 0 saturated carbocycles. The summed E-state index contributed by atoms with van der Waals surface area (Å²) in [5.41, 5.74) is 0. The van der Waals surface area contributed by atoms with Crippen molar-refractivity contribution in [3.63, 3.8) is 0 Å². The molecule has 0 aromatic carbocycles. The molecule has 0 heterocycles. The summed E-state index contributed by atoms with van der Waals surface area (Å²) in [6.45, 7) is 4.38. The van der Waals surface area contributed by atoms with Gasteiger partial charge in [0.05, 0.1) is 6.61 Å². The van der Waals surface area contributed by atoms with Crippen molar-refractivity contribution in [2.75, 3.05) is 6.61 Å². The van der Waals surface area contributed by atoms with Crippen LogP contribution in [0.15, 0.2) is 0 Å². The minimum atomic E-state index is -0.0700. The van der Waals surface area contributed by atoms with E-state index < -0.39 is 0 Å². The number of carbonyl (C=O) groups is 1. The second-order valence-corrected chi connectivity index (χ2v) is 1.91. The predicted octanol–water partition coefficient (Wildman–Crippen LogP) is 0.843. The van der Waals surface area contributed by atoms with Crippen molar-refractivity contribution in [1.29, 1.82) is 0 Å². The lowest BCUT2D eigenvalue weighted by Crippen LogP contribution is -2.03. The Labute approximate surface area is 56.8 Å². The van der Waals surface area contributed by atoms with Crippen LogP contribution in [0.3, 0.4) is 0 Å². The minimum absolute atomic E-state index is 0.0700. The lowest BCUT2D eigenvalue weighted by atomic mass is 9.77. The Hall–Kier alpha value is -0.465. The number of hydrogen-bond acceptors (Lipinski definition) is 2. The summed E-state index contributed by atoms with van der Waals surface area (Å²) in [7, 11) is 1.05. The van der Waals surface area contributed by atoms with Crippen LogP contribution in [0.25, 0.3) is 0 Å². The molecule has 0 atom stereocenters. The third-order valence-corrected chi connectivity index (χ3v) is 1.04. The number of esters is 1. The van der Waals surface area contributed by atoms with E-state index in [2.05, 4.69) is 6.82 Å². The molecule has 0 bridgehead atoms. The zero-order valence-corrected chi connectivity index (χ0v) is 6.14. The van der Waals surface area contributed by atoms with Crippen LogP contribution in [-0.4, -0.2) is 19.9 Å². The molecule has 9 heavy (non-hydrogen) atoms. The Balaban J connectivity index is 3.06. The van der Waals surface area contributed by atoms with Gasteiger partial charge >= 0.3 is 5.97 Å². The van der Waals surface area contributed by atoms with Crippen molar-refractivity contribution in [1.82, 2.24) is 0 Å². The summed E-state index contributed by atoms with van der Waals surface area (Å²) in [4.78, 5) is 10.6. The molecule has 2 nitrogen and oxygen atoms in total. The van der Waals surface area contributed by atoms with E-state index in [9.17, 15) is 4.79 Å². The largest absolute Gasteiger partial charge is 0.466 e. The Kier molecular flexibility index (Phi) is 5.37. The molecular formula is C6H13BO2. The molecule has 0 fully saturated rings. The van der Waals surface area contributed by atoms with Crippen LogP contribution < -0.4 is 0 Å². The summed E-state index contributed by atoms with van der Waals surface area (Å²) < 4.78 is 4.70.